The fraction of sp³-hybridized carbons (Fsp3) is 0.583. The molecule has 2 rings (SSSR count). The molecule has 1 N–H and O–H groups in total. The van der Waals surface area contributed by atoms with Gasteiger partial charge in [0.15, 0.2) is 0 Å². The van der Waals surface area contributed by atoms with E-state index < -0.39 is 0 Å². The van der Waals surface area contributed by atoms with Gasteiger partial charge in [-0.3, -0.25) is 0 Å². The van der Waals surface area contributed by atoms with Gasteiger partial charge in [-0.15, -0.1) is 0 Å². The number of methoxy groups -OCH3 is 1. The third kappa shape index (κ3) is 3.39. The second kappa shape index (κ2) is 6.11. The van der Waals surface area contributed by atoms with Crippen molar-refractivity contribution in [1.82, 2.24) is 10.3 Å². The van der Waals surface area contributed by atoms with Gasteiger partial charge in [0, 0.05) is 30.6 Å². The van der Waals surface area contributed by atoms with Crippen molar-refractivity contribution in [2.24, 2.45) is 0 Å². The van der Waals surface area contributed by atoms with Gasteiger partial charge in [0.05, 0.1) is 7.11 Å². The number of hydrogen-bond acceptors (Lipinski definition) is 4. The minimum Gasteiger partial charge on any atom is -0.481 e. The Kier molecular flexibility index (Phi) is 4.48. The summed E-state index contributed by atoms with van der Waals surface area (Å²) in [5.74, 6) is 3.25. The largest absolute Gasteiger partial charge is 0.481 e. The van der Waals surface area contributed by atoms with Crippen LogP contribution in [0.25, 0.3) is 0 Å². The molecule has 88 valence electrons. The van der Waals surface area contributed by atoms with Crippen molar-refractivity contribution in [2.45, 2.75) is 25.4 Å². The van der Waals surface area contributed by atoms with Crippen LogP contribution in [0.3, 0.4) is 0 Å². The lowest BCUT2D eigenvalue weighted by Gasteiger charge is -2.22. The van der Waals surface area contributed by atoms with Crippen LogP contribution < -0.4 is 10.1 Å². The van der Waals surface area contributed by atoms with Crippen molar-refractivity contribution >= 4 is 11.8 Å². The average Bonchev–Trinajstić information content (AvgIpc) is 2.38. The number of rotatable bonds is 4. The molecule has 0 bridgehead atoms. The zero-order valence-corrected chi connectivity index (χ0v) is 10.4. The van der Waals surface area contributed by atoms with E-state index >= 15 is 0 Å². The van der Waals surface area contributed by atoms with Crippen molar-refractivity contribution in [3.8, 4) is 5.88 Å². The molecule has 2 heterocycles. The van der Waals surface area contributed by atoms with E-state index in [1.807, 2.05) is 23.9 Å². The Morgan fingerprint density at radius 1 is 1.62 bits per heavy atom. The van der Waals surface area contributed by atoms with Crippen molar-refractivity contribution in [3.05, 3.63) is 23.9 Å². The number of nitrogens with one attached hydrogen (secondary N) is 1. The molecule has 0 aromatic carbocycles. The highest BCUT2D eigenvalue weighted by Crippen LogP contribution is 2.17. The summed E-state index contributed by atoms with van der Waals surface area (Å²) in [5, 5.41) is 3.59. The second-order valence-corrected chi connectivity index (χ2v) is 5.15. The van der Waals surface area contributed by atoms with E-state index in [0.29, 0.717) is 11.9 Å². The molecule has 1 atom stereocenters. The molecule has 1 aliphatic rings. The quantitative estimate of drug-likeness (QED) is 0.871. The molecule has 0 saturated carbocycles. The third-order valence-corrected chi connectivity index (χ3v) is 3.98. The Balaban J connectivity index is 1.83. The summed E-state index contributed by atoms with van der Waals surface area (Å²) in [6.07, 6.45) is 4.43. The highest BCUT2D eigenvalue weighted by atomic mass is 32.2. The van der Waals surface area contributed by atoms with Crippen molar-refractivity contribution in [2.75, 3.05) is 18.6 Å². The third-order valence-electron chi connectivity index (χ3n) is 2.76. The minimum atomic E-state index is 0.665. The van der Waals surface area contributed by atoms with Crippen LogP contribution in [0.5, 0.6) is 5.88 Å². The van der Waals surface area contributed by atoms with Gasteiger partial charge in [-0.2, -0.15) is 11.8 Å². The maximum atomic E-state index is 5.10. The average molecular weight is 238 g/mol. The number of aromatic nitrogens is 1. The molecule has 1 aromatic rings. The molecule has 1 saturated heterocycles. The second-order valence-electron chi connectivity index (χ2n) is 4.00. The van der Waals surface area contributed by atoms with Crippen molar-refractivity contribution in [3.63, 3.8) is 0 Å². The molecular weight excluding hydrogens is 220 g/mol. The van der Waals surface area contributed by atoms with Crippen LogP contribution in [0, 0.1) is 0 Å². The zero-order chi connectivity index (χ0) is 11.2. The molecule has 4 heteroatoms. The summed E-state index contributed by atoms with van der Waals surface area (Å²) in [6.45, 7) is 0.907. The van der Waals surface area contributed by atoms with Crippen LogP contribution in [-0.4, -0.2) is 29.6 Å². The normalized spacial score (nSPS) is 20.7. The fourth-order valence-corrected chi connectivity index (χ4v) is 2.94. The van der Waals surface area contributed by atoms with Crippen molar-refractivity contribution in [1.29, 1.82) is 0 Å². The van der Waals surface area contributed by atoms with Gasteiger partial charge >= 0.3 is 0 Å². The highest BCUT2D eigenvalue weighted by molar-refractivity contribution is 7.99. The van der Waals surface area contributed by atoms with Gasteiger partial charge < -0.3 is 10.1 Å². The first kappa shape index (κ1) is 11.7. The van der Waals surface area contributed by atoms with Crippen LogP contribution in [0.2, 0.25) is 0 Å². The van der Waals surface area contributed by atoms with Crippen LogP contribution in [0.15, 0.2) is 18.3 Å². The number of hydrogen-bond donors (Lipinski definition) is 1. The summed E-state index contributed by atoms with van der Waals surface area (Å²) in [7, 11) is 1.65. The summed E-state index contributed by atoms with van der Waals surface area (Å²) in [4.78, 5) is 4.10. The van der Waals surface area contributed by atoms with E-state index in [2.05, 4.69) is 10.3 Å². The van der Waals surface area contributed by atoms with Gasteiger partial charge in [0.1, 0.15) is 0 Å². The molecule has 3 nitrogen and oxygen atoms in total. The molecule has 16 heavy (non-hydrogen) atoms. The number of nitrogens with zero attached hydrogens (tertiary/aromatic N) is 1. The Bertz CT molecular complexity index is 327. The van der Waals surface area contributed by atoms with E-state index in [4.69, 9.17) is 4.74 Å². The van der Waals surface area contributed by atoms with E-state index in [-0.39, 0.29) is 0 Å². The molecule has 1 unspecified atom stereocenters. The van der Waals surface area contributed by atoms with Gasteiger partial charge in [0.2, 0.25) is 5.88 Å². The number of pyridine rings is 1. The molecule has 1 aromatic heterocycles. The van der Waals surface area contributed by atoms with Crippen LogP contribution in [0.1, 0.15) is 18.4 Å². The van der Waals surface area contributed by atoms with Crippen LogP contribution in [-0.2, 0) is 6.54 Å². The zero-order valence-electron chi connectivity index (χ0n) is 9.61. The van der Waals surface area contributed by atoms with E-state index in [1.54, 1.807) is 13.3 Å². The predicted octanol–water partition coefficient (Wildman–Crippen LogP) is 2.08. The van der Waals surface area contributed by atoms with Crippen molar-refractivity contribution < 1.29 is 4.74 Å². The van der Waals surface area contributed by atoms with Gasteiger partial charge in [-0.25, -0.2) is 4.98 Å². The van der Waals surface area contributed by atoms with Gasteiger partial charge in [-0.05, 0) is 30.2 Å². The molecule has 0 amide bonds. The first-order valence-corrected chi connectivity index (χ1v) is 6.84. The minimum absolute atomic E-state index is 0.665. The monoisotopic (exact) mass is 238 g/mol. The molecule has 0 aliphatic carbocycles. The Morgan fingerprint density at radius 3 is 3.31 bits per heavy atom. The van der Waals surface area contributed by atoms with Gasteiger partial charge in [0.25, 0.3) is 0 Å². The number of thioether (sulfide) groups is 1. The Morgan fingerprint density at radius 2 is 2.56 bits per heavy atom. The lowest BCUT2D eigenvalue weighted by atomic mass is 10.1. The summed E-state index contributed by atoms with van der Waals surface area (Å²) >= 11 is 2.05. The lowest BCUT2D eigenvalue weighted by molar-refractivity contribution is 0.396. The highest BCUT2D eigenvalue weighted by Gasteiger charge is 2.12. The summed E-state index contributed by atoms with van der Waals surface area (Å²) in [6, 6.07) is 4.69. The Hall–Kier alpha value is -0.740. The topological polar surface area (TPSA) is 34.1 Å². The molecule has 1 aliphatic heterocycles. The van der Waals surface area contributed by atoms with Crippen LogP contribution in [0.4, 0.5) is 0 Å². The molecular formula is C12H18N2OS. The molecule has 1 fully saturated rings. The first-order valence-electron chi connectivity index (χ1n) is 5.68. The molecule has 0 radical (unpaired) electrons. The Labute approximate surface area is 101 Å². The van der Waals surface area contributed by atoms with E-state index in [9.17, 15) is 0 Å². The predicted molar refractivity (Wildman–Crippen MR) is 68.0 cm³/mol. The van der Waals surface area contributed by atoms with Gasteiger partial charge in [-0.1, -0.05) is 0 Å². The fourth-order valence-electron chi connectivity index (χ4n) is 1.84. The molecule has 0 spiro atoms. The van der Waals surface area contributed by atoms with E-state index in [0.717, 1.165) is 6.54 Å². The lowest BCUT2D eigenvalue weighted by Crippen LogP contribution is -2.33. The van der Waals surface area contributed by atoms with E-state index in [1.165, 1.54) is 29.9 Å². The summed E-state index contributed by atoms with van der Waals surface area (Å²) < 4.78 is 5.10. The van der Waals surface area contributed by atoms with Crippen LogP contribution >= 0.6 is 11.8 Å². The smallest absolute Gasteiger partial charge is 0.213 e. The maximum Gasteiger partial charge on any atom is 0.213 e. The maximum absolute atomic E-state index is 5.10. The SMILES string of the molecule is COc1cc(CNC2CCCSC2)ccn1. The standard InChI is InChI=1S/C12H18N2OS/c1-15-12-7-10(4-5-13-12)8-14-11-3-2-6-16-9-11/h4-5,7,11,14H,2-3,6,8-9H2,1H3. The number of ether oxygens (including phenoxy) is 1. The summed E-state index contributed by atoms with van der Waals surface area (Å²) in [5.41, 5.74) is 1.24. The first-order chi connectivity index (χ1) is 7.88.